The minimum absolute atomic E-state index is 0.145. The van der Waals surface area contributed by atoms with E-state index in [-0.39, 0.29) is 5.91 Å². The molecule has 4 nitrogen and oxygen atoms in total. The summed E-state index contributed by atoms with van der Waals surface area (Å²) in [5, 5.41) is 6.44. The van der Waals surface area contributed by atoms with Crippen LogP contribution < -0.4 is 5.32 Å². The molecule has 0 saturated carbocycles. The predicted molar refractivity (Wildman–Crippen MR) is 133 cm³/mol. The van der Waals surface area contributed by atoms with Crippen molar-refractivity contribution < 1.29 is 4.79 Å². The van der Waals surface area contributed by atoms with Crippen molar-refractivity contribution in [2.75, 3.05) is 5.32 Å². The van der Waals surface area contributed by atoms with Gasteiger partial charge in [0.15, 0.2) is 5.13 Å². The average molecular weight is 462 g/mol. The number of thiazole rings is 2. The smallest absolute Gasteiger partial charge is 0.267 e. The van der Waals surface area contributed by atoms with Crippen molar-refractivity contribution in [1.29, 1.82) is 0 Å². The predicted octanol–water partition coefficient (Wildman–Crippen LogP) is 7.52. The van der Waals surface area contributed by atoms with E-state index in [1.807, 2.05) is 35.7 Å². The van der Waals surface area contributed by atoms with Gasteiger partial charge >= 0.3 is 0 Å². The van der Waals surface area contributed by atoms with Gasteiger partial charge in [-0.2, -0.15) is 0 Å². The number of aromatic nitrogens is 2. The van der Waals surface area contributed by atoms with Crippen LogP contribution in [0, 0.1) is 0 Å². The molecular weight excluding hydrogens is 442 g/mol. The fourth-order valence-corrected chi connectivity index (χ4v) is 5.85. The average Bonchev–Trinajstić information content (AvgIpc) is 3.52. The molecule has 1 amide bonds. The first-order valence-electron chi connectivity index (χ1n) is 9.90. The number of amides is 1. The molecule has 2 aromatic carbocycles. The SMILES string of the molecule is CC(C)c1ccc(-c2csc(NC(=O)c3ccc(-c4nc5ccccc5s4)s3)n2)cc1. The van der Waals surface area contributed by atoms with E-state index in [0.29, 0.717) is 15.9 Å². The molecule has 31 heavy (non-hydrogen) atoms. The number of benzene rings is 2. The van der Waals surface area contributed by atoms with Gasteiger partial charge in [0.05, 0.1) is 25.7 Å². The van der Waals surface area contributed by atoms with Gasteiger partial charge in [0, 0.05) is 10.9 Å². The van der Waals surface area contributed by atoms with Crippen LogP contribution in [0.4, 0.5) is 5.13 Å². The lowest BCUT2D eigenvalue weighted by atomic mass is 10.0. The zero-order chi connectivity index (χ0) is 21.4. The van der Waals surface area contributed by atoms with Crippen molar-refractivity contribution in [1.82, 2.24) is 9.97 Å². The molecule has 3 heterocycles. The van der Waals surface area contributed by atoms with Crippen LogP contribution >= 0.6 is 34.0 Å². The quantitative estimate of drug-likeness (QED) is 0.294. The molecule has 5 aromatic rings. The van der Waals surface area contributed by atoms with E-state index in [2.05, 4.69) is 59.5 Å². The van der Waals surface area contributed by atoms with Gasteiger partial charge in [-0.05, 0) is 35.7 Å². The van der Waals surface area contributed by atoms with E-state index in [0.717, 1.165) is 31.4 Å². The summed E-state index contributed by atoms with van der Waals surface area (Å²) in [6.07, 6.45) is 0. The standard InChI is InChI=1S/C24H19N3OS3/c1-14(2)15-7-9-16(10-8-15)18-13-29-24(26-18)27-22(28)20-11-12-21(30-20)23-25-17-5-3-4-6-19(17)31-23/h3-14H,1-2H3,(H,26,27,28). The molecular formula is C24H19N3OS3. The molecule has 0 fully saturated rings. The van der Waals surface area contributed by atoms with Crippen LogP contribution in [0.2, 0.25) is 0 Å². The van der Waals surface area contributed by atoms with Gasteiger partial charge in [0.25, 0.3) is 5.91 Å². The van der Waals surface area contributed by atoms with Gasteiger partial charge in [-0.25, -0.2) is 9.97 Å². The minimum Gasteiger partial charge on any atom is -0.297 e. The number of anilines is 1. The van der Waals surface area contributed by atoms with Crippen molar-refractivity contribution >= 4 is 55.3 Å². The maximum Gasteiger partial charge on any atom is 0.267 e. The Kier molecular flexibility index (Phi) is 5.40. The molecule has 0 unspecified atom stereocenters. The van der Waals surface area contributed by atoms with E-state index in [9.17, 15) is 4.79 Å². The summed E-state index contributed by atoms with van der Waals surface area (Å²) < 4.78 is 1.15. The number of thiophene rings is 1. The molecule has 0 aliphatic carbocycles. The molecule has 0 aliphatic rings. The summed E-state index contributed by atoms with van der Waals surface area (Å²) in [5.74, 6) is 0.353. The maximum atomic E-state index is 12.7. The number of hydrogen-bond donors (Lipinski definition) is 1. The Labute approximate surface area is 192 Å². The molecule has 0 spiro atoms. The zero-order valence-corrected chi connectivity index (χ0v) is 19.4. The Bertz CT molecular complexity index is 1330. The van der Waals surface area contributed by atoms with Gasteiger partial charge in [0.1, 0.15) is 5.01 Å². The largest absolute Gasteiger partial charge is 0.297 e. The van der Waals surface area contributed by atoms with Gasteiger partial charge in [-0.3, -0.25) is 10.1 Å². The molecule has 154 valence electrons. The highest BCUT2D eigenvalue weighted by molar-refractivity contribution is 7.26. The third-order valence-corrected chi connectivity index (χ3v) is 7.98. The van der Waals surface area contributed by atoms with Gasteiger partial charge in [0.2, 0.25) is 0 Å². The first-order valence-corrected chi connectivity index (χ1v) is 12.4. The molecule has 0 bridgehead atoms. The van der Waals surface area contributed by atoms with E-state index in [1.54, 1.807) is 11.3 Å². The van der Waals surface area contributed by atoms with Crippen LogP contribution in [0.1, 0.15) is 35.0 Å². The normalized spacial score (nSPS) is 11.3. The molecule has 0 radical (unpaired) electrons. The molecule has 0 atom stereocenters. The second-order valence-electron chi connectivity index (χ2n) is 7.42. The Morgan fingerprint density at radius 1 is 0.935 bits per heavy atom. The zero-order valence-electron chi connectivity index (χ0n) is 17.0. The summed E-state index contributed by atoms with van der Waals surface area (Å²) in [7, 11) is 0. The number of carbonyl (C=O) groups excluding carboxylic acids is 1. The number of nitrogens with one attached hydrogen (secondary N) is 1. The van der Waals surface area contributed by atoms with E-state index >= 15 is 0 Å². The summed E-state index contributed by atoms with van der Waals surface area (Å²) >= 11 is 4.52. The third kappa shape index (κ3) is 4.17. The molecule has 5 rings (SSSR count). The molecule has 1 N–H and O–H groups in total. The number of rotatable bonds is 5. The Morgan fingerprint density at radius 3 is 2.52 bits per heavy atom. The van der Waals surface area contributed by atoms with E-state index < -0.39 is 0 Å². The van der Waals surface area contributed by atoms with Crippen molar-refractivity contribution in [3.63, 3.8) is 0 Å². The molecule has 0 aliphatic heterocycles. The fourth-order valence-electron chi connectivity index (χ4n) is 3.21. The lowest BCUT2D eigenvalue weighted by Crippen LogP contribution is -2.09. The van der Waals surface area contributed by atoms with Crippen LogP contribution in [0.15, 0.2) is 66.0 Å². The number of nitrogens with zero attached hydrogens (tertiary/aromatic N) is 2. The van der Waals surface area contributed by atoms with Gasteiger partial charge in [-0.15, -0.1) is 34.0 Å². The first-order chi connectivity index (χ1) is 15.1. The Hall–Kier alpha value is -2.87. The summed E-state index contributed by atoms with van der Waals surface area (Å²) in [6.45, 7) is 4.36. The fraction of sp³-hybridized carbons (Fsp3) is 0.125. The number of para-hydroxylation sites is 1. The minimum atomic E-state index is -0.145. The summed E-state index contributed by atoms with van der Waals surface area (Å²) in [4.78, 5) is 23.7. The molecule has 7 heteroatoms. The van der Waals surface area contributed by atoms with Crippen molar-refractivity contribution in [2.24, 2.45) is 0 Å². The second kappa shape index (κ2) is 8.34. The number of hydrogen-bond acceptors (Lipinski definition) is 6. The third-order valence-electron chi connectivity index (χ3n) is 4.93. The Balaban J connectivity index is 1.31. The lowest BCUT2D eigenvalue weighted by molar-refractivity contribution is 0.103. The first kappa shape index (κ1) is 20.1. The van der Waals surface area contributed by atoms with Crippen molar-refractivity contribution in [3.05, 3.63) is 76.5 Å². The highest BCUT2D eigenvalue weighted by Crippen LogP contribution is 2.35. The summed E-state index contributed by atoms with van der Waals surface area (Å²) in [6, 6.07) is 20.3. The molecule has 3 aromatic heterocycles. The number of fused-ring (bicyclic) bond motifs is 1. The number of carbonyl (C=O) groups is 1. The van der Waals surface area contributed by atoms with Crippen LogP contribution in [-0.2, 0) is 0 Å². The monoisotopic (exact) mass is 461 g/mol. The van der Waals surface area contributed by atoms with Crippen molar-refractivity contribution in [3.8, 4) is 21.1 Å². The van der Waals surface area contributed by atoms with E-state index in [4.69, 9.17) is 0 Å². The second-order valence-corrected chi connectivity index (χ2v) is 10.4. The molecule has 0 saturated heterocycles. The summed E-state index contributed by atoms with van der Waals surface area (Å²) in [5.41, 5.74) is 4.21. The van der Waals surface area contributed by atoms with Crippen LogP contribution in [0.3, 0.4) is 0 Å². The highest BCUT2D eigenvalue weighted by atomic mass is 32.1. The van der Waals surface area contributed by atoms with Gasteiger partial charge in [-0.1, -0.05) is 50.2 Å². The van der Waals surface area contributed by atoms with Crippen LogP contribution in [0.25, 0.3) is 31.4 Å². The lowest BCUT2D eigenvalue weighted by Gasteiger charge is -2.05. The van der Waals surface area contributed by atoms with E-state index in [1.165, 1.54) is 28.2 Å². The van der Waals surface area contributed by atoms with Crippen molar-refractivity contribution in [2.45, 2.75) is 19.8 Å². The van der Waals surface area contributed by atoms with Gasteiger partial charge < -0.3 is 0 Å². The Morgan fingerprint density at radius 2 is 1.74 bits per heavy atom. The van der Waals surface area contributed by atoms with Crippen LogP contribution in [-0.4, -0.2) is 15.9 Å². The van der Waals surface area contributed by atoms with Crippen LogP contribution in [0.5, 0.6) is 0 Å². The topological polar surface area (TPSA) is 54.9 Å². The highest BCUT2D eigenvalue weighted by Gasteiger charge is 2.15. The maximum absolute atomic E-state index is 12.7.